The molecule has 0 bridgehead atoms. The number of nitrogens with one attached hydrogen (secondary N) is 1. The van der Waals surface area contributed by atoms with Gasteiger partial charge in [0, 0.05) is 29.5 Å². The van der Waals surface area contributed by atoms with Gasteiger partial charge in [-0.25, -0.2) is 4.99 Å². The van der Waals surface area contributed by atoms with Gasteiger partial charge >= 0.3 is 0 Å². The number of allylic oxidation sites excluding steroid dienone is 1. The van der Waals surface area contributed by atoms with Crippen molar-refractivity contribution in [1.29, 1.82) is 0 Å². The number of amides is 1. The molecule has 0 radical (unpaired) electrons. The first-order valence-corrected chi connectivity index (χ1v) is 14.5. The maximum Gasteiger partial charge on any atom is 0.271 e. The second-order valence-corrected chi connectivity index (χ2v) is 11.2. The standard InChI is InChI=1S/C32H23ClN4O6S/c1-18-28(30(38)35-20-6-4-3-5-7-20)29(19-8-11-22(42-2)12-9-19)36-31(39)27(44-32(36)34-18)17-23-13-15-26(43-23)24-14-10-21(37(40)41)16-25(24)33/h3-17,29H,1-2H3,(H,35,38)/b27-17+/t29-/m1/s1. The molecule has 0 spiro atoms. The summed E-state index contributed by atoms with van der Waals surface area (Å²) in [7, 11) is 1.57. The monoisotopic (exact) mass is 626 g/mol. The number of ether oxygens (including phenoxy) is 1. The first-order chi connectivity index (χ1) is 21.2. The fraction of sp³-hybridized carbons (Fsp3) is 0.0938. The normalized spacial score (nSPS) is 14.6. The second-order valence-electron chi connectivity index (χ2n) is 9.80. The predicted molar refractivity (Wildman–Crippen MR) is 168 cm³/mol. The summed E-state index contributed by atoms with van der Waals surface area (Å²) in [6.45, 7) is 1.75. The van der Waals surface area contributed by atoms with E-state index in [9.17, 15) is 19.7 Å². The summed E-state index contributed by atoms with van der Waals surface area (Å²) in [5, 5.41) is 14.2. The highest BCUT2D eigenvalue weighted by atomic mass is 35.5. The quantitative estimate of drug-likeness (QED) is 0.182. The van der Waals surface area contributed by atoms with Gasteiger partial charge in [-0.05, 0) is 55.0 Å². The minimum atomic E-state index is -0.755. The van der Waals surface area contributed by atoms with Crippen molar-refractivity contribution in [2.24, 2.45) is 4.99 Å². The average Bonchev–Trinajstić information content (AvgIpc) is 3.60. The number of fused-ring (bicyclic) bond motifs is 1. The summed E-state index contributed by atoms with van der Waals surface area (Å²) < 4.78 is 13.1. The highest BCUT2D eigenvalue weighted by Crippen LogP contribution is 2.33. The largest absolute Gasteiger partial charge is 0.497 e. The van der Waals surface area contributed by atoms with Gasteiger partial charge in [-0.2, -0.15) is 0 Å². The van der Waals surface area contributed by atoms with Crippen LogP contribution in [0.2, 0.25) is 5.02 Å². The summed E-state index contributed by atoms with van der Waals surface area (Å²) in [5.74, 6) is 1.02. The number of nitrogens with zero attached hydrogens (tertiary/aromatic N) is 3. The van der Waals surface area contributed by atoms with Crippen LogP contribution in [-0.4, -0.2) is 22.5 Å². The number of benzene rings is 3. The average molecular weight is 627 g/mol. The number of carbonyl (C=O) groups is 1. The summed E-state index contributed by atoms with van der Waals surface area (Å²) >= 11 is 7.46. The minimum absolute atomic E-state index is 0.134. The third kappa shape index (κ3) is 5.46. The van der Waals surface area contributed by atoms with Crippen molar-refractivity contribution in [3.8, 4) is 17.1 Å². The van der Waals surface area contributed by atoms with Crippen LogP contribution in [0.1, 0.15) is 24.3 Å². The molecule has 10 nitrogen and oxygen atoms in total. The fourth-order valence-electron chi connectivity index (χ4n) is 4.96. The number of halogens is 1. The summed E-state index contributed by atoms with van der Waals surface area (Å²) in [6.07, 6.45) is 1.60. The molecular formula is C32H23ClN4O6S. The summed E-state index contributed by atoms with van der Waals surface area (Å²) in [4.78, 5) is 43.3. The number of para-hydroxylation sites is 1. The van der Waals surface area contributed by atoms with Crippen LogP contribution in [0.5, 0.6) is 5.75 Å². The van der Waals surface area contributed by atoms with E-state index in [2.05, 4.69) is 10.3 Å². The number of carbonyl (C=O) groups excluding carboxylic acids is 1. The molecule has 0 saturated heterocycles. The predicted octanol–water partition coefficient (Wildman–Crippen LogP) is 5.70. The summed E-state index contributed by atoms with van der Waals surface area (Å²) in [6, 6.07) is 23.0. The number of thiazole rings is 1. The topological polar surface area (TPSA) is 129 Å². The van der Waals surface area contributed by atoms with E-state index in [-0.39, 0.29) is 22.2 Å². The molecule has 1 aliphatic rings. The number of non-ortho nitro benzene ring substituents is 1. The Balaban J connectivity index is 1.43. The molecular weight excluding hydrogens is 604 g/mol. The second kappa shape index (κ2) is 11.8. The Morgan fingerprint density at radius 2 is 1.86 bits per heavy atom. The number of nitro benzene ring substituents is 1. The van der Waals surface area contributed by atoms with Crippen molar-refractivity contribution < 1.29 is 18.9 Å². The third-order valence-electron chi connectivity index (χ3n) is 7.06. The Hall–Kier alpha value is -5.26. The lowest BCUT2D eigenvalue weighted by molar-refractivity contribution is -0.384. The molecule has 2 aromatic heterocycles. The van der Waals surface area contributed by atoms with E-state index in [1.165, 1.54) is 34.1 Å². The maximum atomic E-state index is 14.0. The van der Waals surface area contributed by atoms with Crippen LogP contribution in [0, 0.1) is 10.1 Å². The zero-order valence-corrected chi connectivity index (χ0v) is 24.9. The van der Waals surface area contributed by atoms with Crippen LogP contribution < -0.4 is 24.9 Å². The molecule has 3 aromatic carbocycles. The Kier molecular flexibility index (Phi) is 7.73. The Morgan fingerprint density at radius 1 is 1.11 bits per heavy atom. The van der Waals surface area contributed by atoms with Gasteiger partial charge in [0.15, 0.2) is 4.80 Å². The number of hydrogen-bond donors (Lipinski definition) is 1. The van der Waals surface area contributed by atoms with Crippen LogP contribution in [0.25, 0.3) is 17.4 Å². The highest BCUT2D eigenvalue weighted by Gasteiger charge is 2.32. The van der Waals surface area contributed by atoms with E-state index < -0.39 is 11.0 Å². The zero-order valence-electron chi connectivity index (χ0n) is 23.3. The zero-order chi connectivity index (χ0) is 31.0. The van der Waals surface area contributed by atoms with Gasteiger partial charge in [-0.1, -0.05) is 53.3 Å². The van der Waals surface area contributed by atoms with Crippen LogP contribution >= 0.6 is 22.9 Å². The fourth-order valence-corrected chi connectivity index (χ4v) is 6.25. The molecule has 3 heterocycles. The SMILES string of the molecule is COc1ccc([C@@H]2C(C(=O)Nc3ccccc3)=C(C)N=c3s/c(=C/c4ccc(-c5ccc([N+](=O)[O-])cc5Cl)o4)c(=O)n32)cc1. The molecule has 44 heavy (non-hydrogen) atoms. The van der Waals surface area contributed by atoms with Crippen molar-refractivity contribution in [3.05, 3.63) is 142 Å². The van der Waals surface area contributed by atoms with Gasteiger partial charge in [-0.15, -0.1) is 0 Å². The minimum Gasteiger partial charge on any atom is -0.497 e. The molecule has 0 unspecified atom stereocenters. The van der Waals surface area contributed by atoms with E-state index in [1.807, 2.05) is 30.3 Å². The van der Waals surface area contributed by atoms with Gasteiger partial charge in [0.05, 0.1) is 38.9 Å². The molecule has 1 N–H and O–H groups in total. The van der Waals surface area contributed by atoms with Gasteiger partial charge in [-0.3, -0.25) is 24.3 Å². The van der Waals surface area contributed by atoms with E-state index in [1.54, 1.807) is 56.5 Å². The van der Waals surface area contributed by atoms with Crippen molar-refractivity contribution >= 4 is 46.3 Å². The van der Waals surface area contributed by atoms with Crippen molar-refractivity contribution in [3.63, 3.8) is 0 Å². The van der Waals surface area contributed by atoms with Gasteiger partial charge in [0.1, 0.15) is 17.3 Å². The van der Waals surface area contributed by atoms with Crippen molar-refractivity contribution in [1.82, 2.24) is 4.57 Å². The van der Waals surface area contributed by atoms with E-state index in [0.29, 0.717) is 54.7 Å². The number of anilines is 1. The third-order valence-corrected chi connectivity index (χ3v) is 8.35. The number of aromatic nitrogens is 1. The van der Waals surface area contributed by atoms with Gasteiger partial charge in [0.2, 0.25) is 0 Å². The van der Waals surface area contributed by atoms with Crippen molar-refractivity contribution in [2.45, 2.75) is 13.0 Å². The van der Waals surface area contributed by atoms with Crippen molar-refractivity contribution in [2.75, 3.05) is 12.4 Å². The van der Waals surface area contributed by atoms with E-state index >= 15 is 0 Å². The van der Waals surface area contributed by atoms with Gasteiger partial charge < -0.3 is 14.5 Å². The molecule has 0 aliphatic carbocycles. The molecule has 1 atom stereocenters. The van der Waals surface area contributed by atoms with E-state index in [0.717, 1.165) is 0 Å². The molecule has 1 aliphatic heterocycles. The lowest BCUT2D eigenvalue weighted by atomic mass is 9.95. The Labute approximate surface area is 259 Å². The Morgan fingerprint density at radius 3 is 2.55 bits per heavy atom. The first kappa shape index (κ1) is 28.8. The smallest absolute Gasteiger partial charge is 0.271 e. The lowest BCUT2D eigenvalue weighted by Gasteiger charge is -2.25. The van der Waals surface area contributed by atoms with Crippen LogP contribution in [0.3, 0.4) is 0 Å². The Bertz CT molecular complexity index is 2130. The molecule has 6 rings (SSSR count). The number of rotatable bonds is 7. The number of hydrogen-bond acceptors (Lipinski definition) is 8. The number of furan rings is 1. The molecule has 0 fully saturated rings. The molecule has 220 valence electrons. The lowest BCUT2D eigenvalue weighted by Crippen LogP contribution is -2.40. The molecule has 12 heteroatoms. The number of methoxy groups -OCH3 is 1. The van der Waals surface area contributed by atoms with E-state index in [4.69, 9.17) is 20.8 Å². The summed E-state index contributed by atoms with van der Waals surface area (Å²) in [5.41, 5.74) is 2.14. The number of nitro groups is 1. The molecule has 1 amide bonds. The van der Waals surface area contributed by atoms with Gasteiger partial charge in [0.25, 0.3) is 17.2 Å². The maximum absolute atomic E-state index is 14.0. The first-order valence-electron chi connectivity index (χ1n) is 13.3. The molecule has 0 saturated carbocycles. The molecule has 5 aromatic rings. The van der Waals surface area contributed by atoms with Crippen LogP contribution in [0.4, 0.5) is 11.4 Å². The van der Waals surface area contributed by atoms with Crippen LogP contribution in [-0.2, 0) is 4.79 Å². The highest BCUT2D eigenvalue weighted by molar-refractivity contribution is 7.07. The van der Waals surface area contributed by atoms with Crippen LogP contribution in [0.15, 0.2) is 110 Å².